The molecule has 1 amide bonds. The minimum Gasteiger partial charge on any atom is -0.390 e. The molecule has 2 aliphatic heterocycles. The van der Waals surface area contributed by atoms with Crippen molar-refractivity contribution in [3.8, 4) is 0 Å². The Morgan fingerprint density at radius 1 is 0.514 bits per heavy atom. The molecule has 10 N–H and O–H groups in total. The molecular weight excluding hydrogens is 899 g/mol. The lowest BCUT2D eigenvalue weighted by Crippen LogP contribution is -2.61. The van der Waals surface area contributed by atoms with E-state index in [0.29, 0.717) is 12.8 Å². The van der Waals surface area contributed by atoms with Gasteiger partial charge in [-0.1, -0.05) is 226 Å². The lowest BCUT2D eigenvalue weighted by molar-refractivity contribution is -0.322. The predicted molar refractivity (Wildman–Crippen MR) is 274 cm³/mol. The molecule has 15 heteroatoms. The van der Waals surface area contributed by atoms with E-state index in [-0.39, 0.29) is 19.4 Å². The van der Waals surface area contributed by atoms with Gasteiger partial charge in [0.25, 0.3) is 0 Å². The average molecular weight is 1010 g/mol. The molecule has 0 radical (unpaired) electrons. The van der Waals surface area contributed by atoms with Crippen molar-refractivity contribution in [3.63, 3.8) is 0 Å². The van der Waals surface area contributed by atoms with E-state index in [9.17, 15) is 50.8 Å². The Hall–Kier alpha value is -1.05. The minimum absolute atomic E-state index is 0.223. The molecule has 0 bridgehead atoms. The third-order valence-corrected chi connectivity index (χ3v) is 14.5. The van der Waals surface area contributed by atoms with E-state index >= 15 is 0 Å². The van der Waals surface area contributed by atoms with E-state index in [2.05, 4.69) is 26.1 Å². The highest BCUT2D eigenvalue weighted by Crippen LogP contribution is 2.26. The largest absolute Gasteiger partial charge is 0.390 e. The van der Waals surface area contributed by atoms with Crippen LogP contribution in [0.3, 0.4) is 0 Å². The van der Waals surface area contributed by atoms with Crippen molar-refractivity contribution in [3.05, 3.63) is 0 Å². The summed E-state index contributed by atoms with van der Waals surface area (Å²) in [7, 11) is 0. The first-order chi connectivity index (χ1) is 33.8. The number of unbranched alkanes of at least 4 members (excludes halogenated alkanes) is 29. The Balaban J connectivity index is 1.79. The van der Waals surface area contributed by atoms with Gasteiger partial charge in [-0.2, -0.15) is 0 Å². The Bertz CT molecular complexity index is 1220. The maximum atomic E-state index is 13.3. The number of aliphatic hydroxyl groups is 9. The third-order valence-electron chi connectivity index (χ3n) is 14.5. The van der Waals surface area contributed by atoms with Crippen LogP contribution >= 0.6 is 0 Å². The zero-order chi connectivity index (χ0) is 51.4. The number of carbonyl (C=O) groups excluding carboxylic acids is 1. The molecule has 70 heavy (non-hydrogen) atoms. The molecule has 0 spiro atoms. The van der Waals surface area contributed by atoms with E-state index in [1.54, 1.807) is 0 Å². The maximum absolute atomic E-state index is 13.3. The molecule has 2 aliphatic rings. The maximum Gasteiger partial charge on any atom is 0.249 e. The Labute approximate surface area is 424 Å². The minimum atomic E-state index is -1.77. The summed E-state index contributed by atoms with van der Waals surface area (Å²) < 4.78 is 22.3. The molecule has 15 nitrogen and oxygen atoms in total. The van der Waals surface area contributed by atoms with Crippen molar-refractivity contribution < 1.29 is 69.7 Å². The summed E-state index contributed by atoms with van der Waals surface area (Å²) in [6.07, 6.45) is 21.2. The first kappa shape index (κ1) is 65.1. The number of aliphatic hydroxyl groups excluding tert-OH is 9. The molecule has 0 aliphatic carbocycles. The molecule has 0 aromatic rings. The molecule has 2 heterocycles. The number of nitrogens with one attached hydrogen (secondary N) is 1. The van der Waals surface area contributed by atoms with Crippen LogP contribution in [0, 0.1) is 5.92 Å². The number of carbonyl (C=O) groups is 1. The van der Waals surface area contributed by atoms with Gasteiger partial charge in [-0.25, -0.2) is 0 Å². The Morgan fingerprint density at radius 3 is 1.39 bits per heavy atom. The summed E-state index contributed by atoms with van der Waals surface area (Å²) in [5.74, 6) is 0.0349. The smallest absolute Gasteiger partial charge is 0.249 e. The lowest BCUT2D eigenvalue weighted by atomic mass is 9.98. The molecule has 2 fully saturated rings. The summed E-state index contributed by atoms with van der Waals surface area (Å²) in [6.45, 7) is 5.50. The van der Waals surface area contributed by atoms with Gasteiger partial charge in [0.05, 0.1) is 32.0 Å². The van der Waals surface area contributed by atoms with Gasteiger partial charge in [0, 0.05) is 0 Å². The van der Waals surface area contributed by atoms with E-state index in [0.717, 1.165) is 44.4 Å². The van der Waals surface area contributed by atoms with Crippen molar-refractivity contribution in [1.29, 1.82) is 0 Å². The van der Waals surface area contributed by atoms with Crippen molar-refractivity contribution in [1.82, 2.24) is 5.32 Å². The van der Waals surface area contributed by atoms with Crippen LogP contribution in [0.4, 0.5) is 0 Å². The van der Waals surface area contributed by atoms with Crippen LogP contribution in [0.5, 0.6) is 0 Å². The molecule has 13 atom stereocenters. The fourth-order valence-corrected chi connectivity index (χ4v) is 9.67. The fourth-order valence-electron chi connectivity index (χ4n) is 9.67. The van der Waals surface area contributed by atoms with Crippen LogP contribution in [0.25, 0.3) is 0 Å². The van der Waals surface area contributed by atoms with E-state index in [1.165, 1.54) is 154 Å². The van der Waals surface area contributed by atoms with Gasteiger partial charge in [0.1, 0.15) is 54.9 Å². The van der Waals surface area contributed by atoms with Gasteiger partial charge in [-0.15, -0.1) is 0 Å². The first-order valence-electron chi connectivity index (χ1n) is 28.7. The van der Waals surface area contributed by atoms with Crippen LogP contribution in [0.1, 0.15) is 239 Å². The zero-order valence-corrected chi connectivity index (χ0v) is 44.3. The number of rotatable bonds is 45. The number of amides is 1. The second kappa shape index (κ2) is 41.2. The summed E-state index contributed by atoms with van der Waals surface area (Å²) in [4.78, 5) is 13.3. The predicted octanol–water partition coefficient (Wildman–Crippen LogP) is 7.77. The highest BCUT2D eigenvalue weighted by atomic mass is 16.7. The van der Waals surface area contributed by atoms with E-state index in [1.807, 2.05) is 0 Å². The SMILES string of the molecule is CCCCCCCCCCCCCCCCCCCCCCC(O)C(=O)NC(COC1OC(COC2OCC(O)C(O)C2O)C(O)C(O)C1O)C(O)C(O)CCCCCCCCCCCCCC(C)C. The Kier molecular flexibility index (Phi) is 38.3. The molecule has 2 saturated heterocycles. The van der Waals surface area contributed by atoms with Crippen molar-refractivity contribution in [2.75, 3.05) is 19.8 Å². The normalized spacial score (nSPS) is 25.8. The lowest BCUT2D eigenvalue weighted by Gasteiger charge is -2.42. The average Bonchev–Trinajstić information content (AvgIpc) is 3.34. The highest BCUT2D eigenvalue weighted by Gasteiger charge is 2.46. The second-order valence-electron chi connectivity index (χ2n) is 21.5. The summed E-state index contributed by atoms with van der Waals surface area (Å²) >= 11 is 0. The van der Waals surface area contributed by atoms with Gasteiger partial charge in [-0.3, -0.25) is 4.79 Å². The molecule has 2 rings (SSSR count). The molecule has 416 valence electrons. The Morgan fingerprint density at radius 2 is 0.929 bits per heavy atom. The summed E-state index contributed by atoms with van der Waals surface area (Å²) in [5.41, 5.74) is 0. The zero-order valence-electron chi connectivity index (χ0n) is 44.3. The van der Waals surface area contributed by atoms with Crippen LogP contribution in [-0.4, -0.2) is 151 Å². The van der Waals surface area contributed by atoms with Gasteiger partial charge in [0.2, 0.25) is 5.91 Å². The van der Waals surface area contributed by atoms with E-state index < -0.39 is 98.8 Å². The van der Waals surface area contributed by atoms with Gasteiger partial charge in [-0.05, 0) is 18.8 Å². The standard InChI is InChI=1S/C55H107NO14/c1-4-5-6-7-8-9-10-11-12-13-14-15-16-17-18-21-25-28-31-34-37-44(58)53(66)56-42(47(60)43(57)36-33-30-27-24-22-19-20-23-26-29-32-35-41(2)3)38-67-55-52(65)50(63)49(62)46(70-55)40-69-54-51(64)48(61)45(59)39-68-54/h41-52,54-55,57-65H,4-40H2,1-3H3,(H,56,66). The van der Waals surface area contributed by atoms with Crippen LogP contribution in [-0.2, 0) is 23.7 Å². The van der Waals surface area contributed by atoms with Gasteiger partial charge < -0.3 is 70.2 Å². The van der Waals surface area contributed by atoms with Gasteiger partial charge >= 0.3 is 0 Å². The van der Waals surface area contributed by atoms with Gasteiger partial charge in [0.15, 0.2) is 12.6 Å². The number of hydrogen-bond donors (Lipinski definition) is 10. The quantitative estimate of drug-likeness (QED) is 0.0262. The van der Waals surface area contributed by atoms with Crippen molar-refractivity contribution in [2.24, 2.45) is 5.92 Å². The number of ether oxygens (including phenoxy) is 4. The highest BCUT2D eigenvalue weighted by molar-refractivity contribution is 5.80. The van der Waals surface area contributed by atoms with Crippen LogP contribution < -0.4 is 5.32 Å². The summed E-state index contributed by atoms with van der Waals surface area (Å²) in [6, 6.07) is -1.24. The number of hydrogen-bond acceptors (Lipinski definition) is 14. The second-order valence-corrected chi connectivity index (χ2v) is 21.5. The fraction of sp³-hybridized carbons (Fsp3) is 0.982. The van der Waals surface area contributed by atoms with Crippen LogP contribution in [0.15, 0.2) is 0 Å². The molecule has 0 saturated carbocycles. The topological polar surface area (TPSA) is 248 Å². The van der Waals surface area contributed by atoms with Crippen molar-refractivity contribution in [2.45, 2.75) is 319 Å². The molecule has 0 aromatic carbocycles. The first-order valence-corrected chi connectivity index (χ1v) is 28.7. The van der Waals surface area contributed by atoms with Crippen LogP contribution in [0.2, 0.25) is 0 Å². The molecule has 0 aromatic heterocycles. The van der Waals surface area contributed by atoms with Crippen molar-refractivity contribution >= 4 is 5.91 Å². The molecule has 13 unspecified atom stereocenters. The monoisotopic (exact) mass is 1010 g/mol. The van der Waals surface area contributed by atoms with E-state index in [4.69, 9.17) is 18.9 Å². The third kappa shape index (κ3) is 29.1. The molecular formula is C55H107NO14. The summed E-state index contributed by atoms with van der Waals surface area (Å²) in [5, 5.41) is 98.2.